The van der Waals surface area contributed by atoms with Crippen molar-refractivity contribution in [2.24, 2.45) is 26.1 Å². The second kappa shape index (κ2) is 6.90. The minimum Gasteiger partial charge on any atom is -0.435 e. The minimum atomic E-state index is -0.448. The number of aromatic nitrogens is 4. The lowest BCUT2D eigenvalue weighted by Crippen LogP contribution is -2.37. The molecule has 0 atom stereocenters. The van der Waals surface area contributed by atoms with Gasteiger partial charge in [-0.15, -0.1) is 0 Å². The van der Waals surface area contributed by atoms with E-state index >= 15 is 0 Å². The Morgan fingerprint density at radius 2 is 1.79 bits per heavy atom. The van der Waals surface area contributed by atoms with E-state index in [1.807, 2.05) is 0 Å². The summed E-state index contributed by atoms with van der Waals surface area (Å²) in [6.45, 7) is 1.30. The Balaban J connectivity index is 2.33. The zero-order valence-electron chi connectivity index (χ0n) is 13.8. The van der Waals surface area contributed by atoms with Gasteiger partial charge in [-0.05, 0) is 12.2 Å². The van der Waals surface area contributed by atoms with Gasteiger partial charge in [0.2, 0.25) is 5.95 Å². The van der Waals surface area contributed by atoms with Crippen molar-refractivity contribution >= 4 is 29.3 Å². The first-order chi connectivity index (χ1) is 11.3. The first-order valence-electron chi connectivity index (χ1n) is 7.00. The van der Waals surface area contributed by atoms with Gasteiger partial charge in [-0.2, -0.15) is 4.98 Å². The Morgan fingerprint density at radius 1 is 1.08 bits per heavy atom. The molecule has 2 heterocycles. The van der Waals surface area contributed by atoms with Gasteiger partial charge < -0.3 is 9.30 Å². The molecule has 0 radical (unpaired) electrons. The Hall–Kier alpha value is -3.23. The first-order valence-corrected chi connectivity index (χ1v) is 7.00. The maximum atomic E-state index is 12.2. The van der Waals surface area contributed by atoms with Crippen LogP contribution < -0.4 is 11.2 Å². The third-order valence-electron chi connectivity index (χ3n) is 3.26. The van der Waals surface area contributed by atoms with Crippen LogP contribution in [0.25, 0.3) is 11.2 Å². The van der Waals surface area contributed by atoms with E-state index in [4.69, 9.17) is 0 Å². The lowest BCUT2D eigenvalue weighted by atomic mass is 10.5. The summed E-state index contributed by atoms with van der Waals surface area (Å²) in [5, 5.41) is 0. The fraction of sp³-hybridized carbons (Fsp3) is 0.267. The van der Waals surface area contributed by atoms with Crippen LogP contribution in [0, 0.1) is 0 Å². The van der Waals surface area contributed by atoms with Crippen molar-refractivity contribution in [1.82, 2.24) is 18.7 Å². The molecule has 126 valence electrons. The monoisotopic (exact) mass is 331 g/mol. The van der Waals surface area contributed by atoms with Crippen LogP contribution in [-0.2, 0) is 30.7 Å². The molecule has 0 aromatic carbocycles. The summed E-state index contributed by atoms with van der Waals surface area (Å²) in [7, 11) is 4.61. The van der Waals surface area contributed by atoms with Crippen molar-refractivity contribution in [2.45, 2.75) is 6.92 Å². The van der Waals surface area contributed by atoms with Gasteiger partial charge in [-0.25, -0.2) is 9.79 Å². The highest BCUT2D eigenvalue weighted by molar-refractivity contribution is 5.77. The summed E-state index contributed by atoms with van der Waals surface area (Å²) >= 11 is 0. The molecule has 24 heavy (non-hydrogen) atoms. The van der Waals surface area contributed by atoms with E-state index in [1.54, 1.807) is 26.2 Å². The van der Waals surface area contributed by atoms with Crippen LogP contribution in [0.3, 0.4) is 0 Å². The molecule has 2 aromatic heterocycles. The van der Waals surface area contributed by atoms with Crippen molar-refractivity contribution in [3.05, 3.63) is 45.3 Å². The van der Waals surface area contributed by atoms with Crippen LogP contribution in [0.5, 0.6) is 0 Å². The summed E-state index contributed by atoms with van der Waals surface area (Å²) in [6.07, 6.45) is 7.48. The van der Waals surface area contributed by atoms with E-state index in [0.29, 0.717) is 5.52 Å². The predicted molar refractivity (Wildman–Crippen MR) is 89.4 cm³/mol. The fourth-order valence-electron chi connectivity index (χ4n) is 2.03. The molecule has 0 saturated carbocycles. The second-order valence-corrected chi connectivity index (χ2v) is 4.95. The number of fused-ring (bicyclic) bond motifs is 1. The summed E-state index contributed by atoms with van der Waals surface area (Å²) < 4.78 is 8.46. The van der Waals surface area contributed by atoms with Gasteiger partial charge in [-0.3, -0.25) is 18.7 Å². The molecule has 9 nitrogen and oxygen atoms in total. The molecule has 0 amide bonds. The van der Waals surface area contributed by atoms with Crippen molar-refractivity contribution in [3.8, 4) is 0 Å². The van der Waals surface area contributed by atoms with Crippen molar-refractivity contribution in [3.63, 3.8) is 0 Å². The summed E-state index contributed by atoms with van der Waals surface area (Å²) in [5.41, 5.74) is -0.303. The molecule has 0 aliphatic heterocycles. The van der Waals surface area contributed by atoms with E-state index in [1.165, 1.54) is 41.7 Å². The van der Waals surface area contributed by atoms with Crippen LogP contribution in [0.15, 0.2) is 39.1 Å². The number of carbonyl (C=O) groups is 1. The van der Waals surface area contributed by atoms with Crippen molar-refractivity contribution < 1.29 is 9.53 Å². The molecule has 0 aliphatic rings. The second-order valence-electron chi connectivity index (χ2n) is 4.95. The molecule has 0 N–H and O–H groups in total. The van der Waals surface area contributed by atoms with E-state index in [9.17, 15) is 14.4 Å². The quantitative estimate of drug-likeness (QED) is 0.347. The molecular weight excluding hydrogens is 314 g/mol. The Bertz CT molecular complexity index is 988. The smallest absolute Gasteiger partial charge is 0.332 e. The first kappa shape index (κ1) is 17.1. The highest BCUT2D eigenvalue weighted by Crippen LogP contribution is 2.15. The Labute approximate surface area is 136 Å². The Morgan fingerprint density at radius 3 is 2.46 bits per heavy atom. The zero-order valence-corrected chi connectivity index (χ0v) is 13.8. The van der Waals surface area contributed by atoms with Crippen LogP contribution in [-0.4, -0.2) is 30.9 Å². The molecule has 0 unspecified atom stereocenters. The van der Waals surface area contributed by atoms with Gasteiger partial charge >= 0.3 is 11.7 Å². The van der Waals surface area contributed by atoms with E-state index < -0.39 is 17.2 Å². The summed E-state index contributed by atoms with van der Waals surface area (Å²) in [4.78, 5) is 43.1. The third kappa shape index (κ3) is 3.24. The maximum absolute atomic E-state index is 12.2. The van der Waals surface area contributed by atoms with Crippen LogP contribution in [0.1, 0.15) is 6.92 Å². The largest absolute Gasteiger partial charge is 0.435 e. The van der Waals surface area contributed by atoms with Crippen LogP contribution in [0.4, 0.5) is 5.95 Å². The van der Waals surface area contributed by atoms with Crippen molar-refractivity contribution in [2.75, 3.05) is 0 Å². The third-order valence-corrected chi connectivity index (χ3v) is 3.26. The number of carbonyl (C=O) groups excluding carboxylic acids is 1. The maximum Gasteiger partial charge on any atom is 0.332 e. The van der Waals surface area contributed by atoms with E-state index in [-0.39, 0.29) is 11.6 Å². The Kier molecular flexibility index (Phi) is 4.93. The van der Waals surface area contributed by atoms with Gasteiger partial charge in [0.05, 0.1) is 6.26 Å². The molecule has 0 fully saturated rings. The average molecular weight is 331 g/mol. The molecule has 0 aliphatic carbocycles. The minimum absolute atomic E-state index is 0.275. The number of rotatable bonds is 4. The number of esters is 1. The van der Waals surface area contributed by atoms with E-state index in [2.05, 4.69) is 14.7 Å². The van der Waals surface area contributed by atoms with Crippen molar-refractivity contribution in [1.29, 1.82) is 0 Å². The van der Waals surface area contributed by atoms with Crippen LogP contribution >= 0.6 is 0 Å². The van der Waals surface area contributed by atoms with Gasteiger partial charge in [0.1, 0.15) is 0 Å². The number of nitrogens with zero attached hydrogens (tertiary/aromatic N) is 5. The molecular formula is C15H17N5O4. The molecule has 2 rings (SSSR count). The molecule has 0 spiro atoms. The number of imidazole rings is 1. The standard InChI is InChI=1S/C15H17N5O4/c1-10(21)24-9-7-5-6-8-16-14-17-12-11(18(14)2)13(22)20(4)15(23)19(12)3/h5-9H,1-4H3. The van der Waals surface area contributed by atoms with Gasteiger partial charge in [0, 0.05) is 34.3 Å². The number of aryl methyl sites for hydroxylation is 2. The molecule has 0 bridgehead atoms. The fourth-order valence-corrected chi connectivity index (χ4v) is 2.03. The highest BCUT2D eigenvalue weighted by Gasteiger charge is 2.15. The average Bonchev–Trinajstić information content (AvgIpc) is 2.86. The number of allylic oxidation sites excluding steroid dienone is 3. The van der Waals surface area contributed by atoms with Crippen LogP contribution in [0.2, 0.25) is 0 Å². The highest BCUT2D eigenvalue weighted by atomic mass is 16.5. The van der Waals surface area contributed by atoms with E-state index in [0.717, 1.165) is 4.57 Å². The summed E-state index contributed by atoms with van der Waals surface area (Å²) in [6, 6.07) is 0. The number of hydrogen-bond donors (Lipinski definition) is 0. The predicted octanol–water partition coefficient (Wildman–Crippen LogP) is 0.306. The topological polar surface area (TPSA) is 100 Å². The lowest BCUT2D eigenvalue weighted by Gasteiger charge is -2.02. The zero-order chi connectivity index (χ0) is 17.9. The number of ether oxygens (including phenoxy) is 1. The van der Waals surface area contributed by atoms with Gasteiger partial charge in [0.25, 0.3) is 5.56 Å². The molecule has 2 aromatic rings. The van der Waals surface area contributed by atoms with Gasteiger partial charge in [0.15, 0.2) is 11.2 Å². The van der Waals surface area contributed by atoms with Gasteiger partial charge in [-0.1, -0.05) is 6.08 Å². The number of aliphatic imine (C=N–C) groups is 1. The SMILES string of the molecule is CC(=O)OC=CC=CC=Nc1nc2c(c(=O)n(C)c(=O)n2C)n1C. The molecule has 0 saturated heterocycles. The number of hydrogen-bond acceptors (Lipinski definition) is 6. The molecule has 9 heteroatoms. The normalized spacial score (nSPS) is 12.2. The lowest BCUT2D eigenvalue weighted by molar-refractivity contribution is -0.135. The summed E-state index contributed by atoms with van der Waals surface area (Å²) in [5.74, 6) is -0.114.